The van der Waals surface area contributed by atoms with Crippen molar-refractivity contribution >= 4 is 0 Å². The quantitative estimate of drug-likeness (QED) is 0.207. The lowest BCUT2D eigenvalue weighted by Gasteiger charge is -2.12. The Bertz CT molecular complexity index is 1620. The standard InChI is InChI=1S/C33H29N5O2/c1-2-39-30-20-27(18-19-29(30)40-23-28-22-38(37-36-28)21-24-12-6-3-7-13-24)33-34-31(25-14-8-4-9-15-25)32(35-33)26-16-10-5-11-17-26/h3-20,22H,2,21,23H2,1H3,(H,34,35). The molecule has 0 unspecified atom stereocenters. The van der Waals surface area contributed by atoms with E-state index < -0.39 is 0 Å². The molecule has 40 heavy (non-hydrogen) atoms. The van der Waals surface area contributed by atoms with Crippen LogP contribution in [0.4, 0.5) is 0 Å². The van der Waals surface area contributed by atoms with E-state index in [0.717, 1.165) is 45.2 Å². The summed E-state index contributed by atoms with van der Waals surface area (Å²) < 4.78 is 13.9. The van der Waals surface area contributed by atoms with Crippen molar-refractivity contribution < 1.29 is 9.47 Å². The van der Waals surface area contributed by atoms with Crippen molar-refractivity contribution in [1.82, 2.24) is 25.0 Å². The van der Waals surface area contributed by atoms with Crippen LogP contribution in [-0.2, 0) is 13.2 Å². The molecule has 0 atom stereocenters. The number of H-pyrrole nitrogens is 1. The van der Waals surface area contributed by atoms with Gasteiger partial charge in [0, 0.05) is 16.7 Å². The number of hydrogen-bond donors (Lipinski definition) is 1. The van der Waals surface area contributed by atoms with Gasteiger partial charge in [0.15, 0.2) is 11.5 Å². The van der Waals surface area contributed by atoms with E-state index in [-0.39, 0.29) is 6.61 Å². The van der Waals surface area contributed by atoms with Crippen molar-refractivity contribution in [3.05, 3.63) is 127 Å². The lowest BCUT2D eigenvalue weighted by Crippen LogP contribution is -2.01. The molecular weight excluding hydrogens is 498 g/mol. The molecule has 198 valence electrons. The number of aromatic amines is 1. The average Bonchev–Trinajstić information content (AvgIpc) is 3.66. The van der Waals surface area contributed by atoms with Gasteiger partial charge >= 0.3 is 0 Å². The van der Waals surface area contributed by atoms with E-state index in [1.165, 1.54) is 0 Å². The average molecular weight is 528 g/mol. The molecule has 0 fully saturated rings. The van der Waals surface area contributed by atoms with E-state index in [9.17, 15) is 0 Å². The zero-order valence-electron chi connectivity index (χ0n) is 22.2. The van der Waals surface area contributed by atoms with Gasteiger partial charge in [-0.15, -0.1) is 5.10 Å². The highest BCUT2D eigenvalue weighted by Gasteiger charge is 2.17. The van der Waals surface area contributed by atoms with E-state index >= 15 is 0 Å². The Morgan fingerprint density at radius 3 is 2.15 bits per heavy atom. The Hall–Kier alpha value is -5.17. The number of rotatable bonds is 10. The highest BCUT2D eigenvalue weighted by Crippen LogP contribution is 2.36. The first-order valence-corrected chi connectivity index (χ1v) is 13.3. The predicted molar refractivity (Wildman–Crippen MR) is 156 cm³/mol. The molecule has 0 saturated carbocycles. The summed E-state index contributed by atoms with van der Waals surface area (Å²) in [6.07, 6.45) is 1.90. The number of nitrogens with one attached hydrogen (secondary N) is 1. The normalized spacial score (nSPS) is 10.9. The fourth-order valence-electron chi connectivity index (χ4n) is 4.58. The molecule has 1 N–H and O–H groups in total. The maximum Gasteiger partial charge on any atom is 0.161 e. The molecule has 6 rings (SSSR count). The number of aromatic nitrogens is 5. The molecule has 2 aromatic heterocycles. The maximum atomic E-state index is 6.13. The number of imidazole rings is 1. The van der Waals surface area contributed by atoms with Gasteiger partial charge in [-0.3, -0.25) is 0 Å². The lowest BCUT2D eigenvalue weighted by atomic mass is 10.1. The molecule has 0 amide bonds. The van der Waals surface area contributed by atoms with E-state index in [2.05, 4.69) is 51.7 Å². The highest BCUT2D eigenvalue weighted by atomic mass is 16.5. The Morgan fingerprint density at radius 1 is 0.725 bits per heavy atom. The van der Waals surface area contributed by atoms with E-state index in [0.29, 0.717) is 24.7 Å². The second kappa shape index (κ2) is 11.7. The van der Waals surface area contributed by atoms with Crippen LogP contribution in [0, 0.1) is 0 Å². The molecular formula is C33H29N5O2. The van der Waals surface area contributed by atoms with Crippen LogP contribution in [-0.4, -0.2) is 31.6 Å². The van der Waals surface area contributed by atoms with Crippen LogP contribution in [0.1, 0.15) is 18.2 Å². The van der Waals surface area contributed by atoms with Crippen LogP contribution in [0.5, 0.6) is 11.5 Å². The highest BCUT2D eigenvalue weighted by molar-refractivity contribution is 5.81. The zero-order chi connectivity index (χ0) is 27.1. The van der Waals surface area contributed by atoms with Crippen LogP contribution < -0.4 is 9.47 Å². The van der Waals surface area contributed by atoms with Crippen molar-refractivity contribution in [3.8, 4) is 45.4 Å². The van der Waals surface area contributed by atoms with Gasteiger partial charge in [-0.25, -0.2) is 9.67 Å². The Kier molecular flexibility index (Phi) is 7.35. The van der Waals surface area contributed by atoms with Gasteiger partial charge in [-0.1, -0.05) is 96.2 Å². The molecule has 0 spiro atoms. The van der Waals surface area contributed by atoms with Gasteiger partial charge in [0.2, 0.25) is 0 Å². The minimum atomic E-state index is 0.283. The molecule has 7 nitrogen and oxygen atoms in total. The fraction of sp³-hybridized carbons (Fsp3) is 0.121. The number of hydrogen-bond acceptors (Lipinski definition) is 5. The number of benzene rings is 4. The van der Waals surface area contributed by atoms with Gasteiger partial charge in [-0.2, -0.15) is 0 Å². The molecule has 2 heterocycles. The Balaban J connectivity index is 1.25. The van der Waals surface area contributed by atoms with Crippen molar-refractivity contribution in [2.24, 2.45) is 0 Å². The molecule has 0 aliphatic rings. The number of ether oxygens (including phenoxy) is 2. The summed E-state index contributed by atoms with van der Waals surface area (Å²) in [5.41, 5.74) is 6.81. The minimum absolute atomic E-state index is 0.283. The molecule has 0 aliphatic carbocycles. The number of nitrogens with zero attached hydrogens (tertiary/aromatic N) is 4. The summed E-state index contributed by atoms with van der Waals surface area (Å²) >= 11 is 0. The van der Waals surface area contributed by atoms with Gasteiger partial charge in [0.05, 0.1) is 30.7 Å². The molecule has 4 aromatic carbocycles. The molecule has 0 saturated heterocycles. The van der Waals surface area contributed by atoms with Gasteiger partial charge in [-0.05, 0) is 30.7 Å². The SMILES string of the molecule is CCOc1cc(-c2nc(-c3ccccc3)c(-c3ccccc3)[nH]2)ccc1OCc1cn(Cc2ccccc2)nn1. The first kappa shape index (κ1) is 25.1. The summed E-state index contributed by atoms with van der Waals surface area (Å²) in [6, 6.07) is 36.5. The van der Waals surface area contributed by atoms with Crippen LogP contribution >= 0.6 is 0 Å². The van der Waals surface area contributed by atoms with Crippen LogP contribution in [0.3, 0.4) is 0 Å². The van der Waals surface area contributed by atoms with E-state index in [1.807, 2.05) is 90.6 Å². The van der Waals surface area contributed by atoms with Crippen LogP contribution in [0.25, 0.3) is 33.9 Å². The maximum absolute atomic E-state index is 6.13. The molecule has 0 radical (unpaired) electrons. The van der Waals surface area contributed by atoms with Crippen molar-refractivity contribution in [2.75, 3.05) is 6.61 Å². The van der Waals surface area contributed by atoms with Gasteiger partial charge < -0.3 is 14.5 Å². The minimum Gasteiger partial charge on any atom is -0.490 e. The third kappa shape index (κ3) is 5.63. The molecule has 0 bridgehead atoms. The third-order valence-electron chi connectivity index (χ3n) is 6.48. The first-order valence-electron chi connectivity index (χ1n) is 13.3. The van der Waals surface area contributed by atoms with Gasteiger partial charge in [0.1, 0.15) is 18.1 Å². The van der Waals surface area contributed by atoms with Crippen molar-refractivity contribution in [3.63, 3.8) is 0 Å². The summed E-state index contributed by atoms with van der Waals surface area (Å²) in [5.74, 6) is 2.05. The van der Waals surface area contributed by atoms with E-state index in [4.69, 9.17) is 14.5 Å². The summed E-state index contributed by atoms with van der Waals surface area (Å²) in [5, 5.41) is 8.51. The largest absolute Gasteiger partial charge is 0.490 e. The van der Waals surface area contributed by atoms with Gasteiger partial charge in [0.25, 0.3) is 0 Å². The summed E-state index contributed by atoms with van der Waals surface area (Å²) in [7, 11) is 0. The van der Waals surface area contributed by atoms with Crippen molar-refractivity contribution in [1.29, 1.82) is 0 Å². The molecule has 7 heteroatoms. The Morgan fingerprint density at radius 2 is 1.43 bits per heavy atom. The molecule has 0 aliphatic heterocycles. The lowest BCUT2D eigenvalue weighted by molar-refractivity contribution is 0.266. The van der Waals surface area contributed by atoms with E-state index in [1.54, 1.807) is 0 Å². The third-order valence-corrected chi connectivity index (χ3v) is 6.48. The Labute approximate surface area is 233 Å². The van der Waals surface area contributed by atoms with Crippen LogP contribution in [0.2, 0.25) is 0 Å². The smallest absolute Gasteiger partial charge is 0.161 e. The summed E-state index contributed by atoms with van der Waals surface area (Å²) in [6.45, 7) is 3.41. The summed E-state index contributed by atoms with van der Waals surface area (Å²) in [4.78, 5) is 8.57. The predicted octanol–water partition coefficient (Wildman–Crippen LogP) is 7.03. The zero-order valence-corrected chi connectivity index (χ0v) is 22.2. The topological polar surface area (TPSA) is 77.9 Å². The molecule has 6 aromatic rings. The monoisotopic (exact) mass is 527 g/mol. The fourth-order valence-corrected chi connectivity index (χ4v) is 4.58. The van der Waals surface area contributed by atoms with Crippen LogP contribution in [0.15, 0.2) is 115 Å². The first-order chi connectivity index (χ1) is 19.8. The van der Waals surface area contributed by atoms with Crippen molar-refractivity contribution in [2.45, 2.75) is 20.1 Å². The second-order valence-electron chi connectivity index (χ2n) is 9.32. The second-order valence-corrected chi connectivity index (χ2v) is 9.32.